The summed E-state index contributed by atoms with van der Waals surface area (Å²) >= 11 is 11.8. The van der Waals surface area contributed by atoms with Gasteiger partial charge in [0.15, 0.2) is 12.4 Å². The van der Waals surface area contributed by atoms with Gasteiger partial charge in [-0.25, -0.2) is 5.43 Å². The first kappa shape index (κ1) is 20.4. The highest BCUT2D eigenvalue weighted by Gasteiger charge is 2.16. The molecule has 0 aliphatic heterocycles. The van der Waals surface area contributed by atoms with Crippen molar-refractivity contribution >= 4 is 41.0 Å². The Hall–Kier alpha value is -3.36. The van der Waals surface area contributed by atoms with Crippen LogP contribution in [0.15, 0.2) is 64.1 Å². The first-order chi connectivity index (χ1) is 13.9. The van der Waals surface area contributed by atoms with Gasteiger partial charge in [0, 0.05) is 16.7 Å². The molecule has 8 nitrogen and oxygen atoms in total. The number of nitro groups is 1. The molecule has 1 aromatic heterocycles. The number of carbonyl (C=O) groups is 1. The van der Waals surface area contributed by atoms with Gasteiger partial charge in [0.1, 0.15) is 11.5 Å². The number of nitrogens with zero attached hydrogens (tertiary/aromatic N) is 2. The van der Waals surface area contributed by atoms with Crippen LogP contribution in [0.3, 0.4) is 0 Å². The van der Waals surface area contributed by atoms with Crippen LogP contribution < -0.4 is 10.2 Å². The average molecular weight is 434 g/mol. The van der Waals surface area contributed by atoms with Crippen LogP contribution in [-0.2, 0) is 4.79 Å². The highest BCUT2D eigenvalue weighted by atomic mass is 35.5. The summed E-state index contributed by atoms with van der Waals surface area (Å²) in [5.74, 6) is 0.272. The van der Waals surface area contributed by atoms with E-state index in [4.69, 9.17) is 32.4 Å². The SMILES string of the molecule is O=C(COc1ccc(Cl)cc1[N+](=O)[O-])NN=Cc1ccc(-c2ccccc2Cl)o1. The number of benzene rings is 2. The van der Waals surface area contributed by atoms with Gasteiger partial charge in [0.2, 0.25) is 0 Å². The number of hydrazone groups is 1. The Bertz CT molecular complexity index is 1080. The van der Waals surface area contributed by atoms with Crippen molar-refractivity contribution in [2.45, 2.75) is 0 Å². The Morgan fingerprint density at radius 1 is 1.21 bits per heavy atom. The monoisotopic (exact) mass is 433 g/mol. The van der Waals surface area contributed by atoms with Crippen molar-refractivity contribution in [2.24, 2.45) is 5.10 Å². The molecule has 1 N–H and O–H groups in total. The van der Waals surface area contributed by atoms with Crippen LogP contribution in [0.4, 0.5) is 5.69 Å². The molecule has 0 atom stereocenters. The molecular weight excluding hydrogens is 421 g/mol. The van der Waals surface area contributed by atoms with Crippen molar-refractivity contribution in [1.82, 2.24) is 5.43 Å². The molecule has 0 aliphatic carbocycles. The highest BCUT2D eigenvalue weighted by Crippen LogP contribution is 2.30. The van der Waals surface area contributed by atoms with E-state index in [9.17, 15) is 14.9 Å². The van der Waals surface area contributed by atoms with E-state index < -0.39 is 17.4 Å². The number of halogens is 2. The van der Waals surface area contributed by atoms with E-state index in [-0.39, 0.29) is 16.5 Å². The molecule has 0 aliphatic rings. The second kappa shape index (κ2) is 9.22. The van der Waals surface area contributed by atoms with Crippen LogP contribution in [0.25, 0.3) is 11.3 Å². The summed E-state index contributed by atoms with van der Waals surface area (Å²) in [6.07, 6.45) is 1.31. The third-order valence-electron chi connectivity index (χ3n) is 3.62. The summed E-state index contributed by atoms with van der Waals surface area (Å²) < 4.78 is 10.8. The number of hydrogen-bond donors (Lipinski definition) is 1. The minimum Gasteiger partial charge on any atom is -0.477 e. The summed E-state index contributed by atoms with van der Waals surface area (Å²) in [5.41, 5.74) is 2.64. The molecule has 148 valence electrons. The summed E-state index contributed by atoms with van der Waals surface area (Å²) in [7, 11) is 0. The van der Waals surface area contributed by atoms with Crippen molar-refractivity contribution in [3.05, 3.63) is 80.5 Å². The standard InChI is InChI=1S/C19H13Cl2N3O5/c20-12-5-7-18(16(9-12)24(26)27)28-11-19(25)23-22-10-13-6-8-17(29-13)14-3-1-2-4-15(14)21/h1-10H,11H2,(H,23,25). The zero-order valence-corrected chi connectivity index (χ0v) is 16.2. The van der Waals surface area contributed by atoms with Crippen LogP contribution in [-0.4, -0.2) is 23.7 Å². The van der Waals surface area contributed by atoms with Gasteiger partial charge in [-0.2, -0.15) is 5.10 Å². The molecule has 1 heterocycles. The Labute approximate surface area is 174 Å². The van der Waals surface area contributed by atoms with Crippen LogP contribution in [0.2, 0.25) is 10.0 Å². The average Bonchev–Trinajstić information content (AvgIpc) is 3.16. The number of nitro benzene ring substituents is 1. The normalized spacial score (nSPS) is 10.8. The number of rotatable bonds is 7. The summed E-state index contributed by atoms with van der Waals surface area (Å²) in [6.45, 7) is -0.469. The van der Waals surface area contributed by atoms with Gasteiger partial charge < -0.3 is 9.15 Å². The van der Waals surface area contributed by atoms with Crippen molar-refractivity contribution in [1.29, 1.82) is 0 Å². The number of nitrogens with one attached hydrogen (secondary N) is 1. The number of amides is 1. The summed E-state index contributed by atoms with van der Waals surface area (Å²) in [5, 5.41) is 15.5. The maximum absolute atomic E-state index is 11.8. The van der Waals surface area contributed by atoms with Crippen molar-refractivity contribution in [2.75, 3.05) is 6.61 Å². The minimum atomic E-state index is -0.648. The third-order valence-corrected chi connectivity index (χ3v) is 4.19. The van der Waals surface area contributed by atoms with E-state index in [0.717, 1.165) is 11.6 Å². The van der Waals surface area contributed by atoms with Crippen molar-refractivity contribution in [3.63, 3.8) is 0 Å². The molecule has 2 aromatic carbocycles. The molecule has 0 bridgehead atoms. The van der Waals surface area contributed by atoms with E-state index in [1.165, 1.54) is 18.3 Å². The fourth-order valence-corrected chi connectivity index (χ4v) is 2.72. The van der Waals surface area contributed by atoms with Gasteiger partial charge in [-0.3, -0.25) is 14.9 Å². The maximum atomic E-state index is 11.8. The number of furan rings is 1. The smallest absolute Gasteiger partial charge is 0.312 e. The molecule has 0 unspecified atom stereocenters. The number of carbonyl (C=O) groups excluding carboxylic acids is 1. The summed E-state index contributed by atoms with van der Waals surface area (Å²) in [4.78, 5) is 22.2. The second-order valence-electron chi connectivity index (χ2n) is 5.63. The molecule has 10 heteroatoms. The lowest BCUT2D eigenvalue weighted by molar-refractivity contribution is -0.385. The zero-order valence-electron chi connectivity index (χ0n) is 14.7. The lowest BCUT2D eigenvalue weighted by atomic mass is 10.2. The summed E-state index contributed by atoms with van der Waals surface area (Å²) in [6, 6.07) is 14.5. The molecule has 0 radical (unpaired) electrons. The van der Waals surface area contributed by atoms with Gasteiger partial charge >= 0.3 is 5.69 Å². The van der Waals surface area contributed by atoms with Crippen LogP contribution in [0.5, 0.6) is 5.75 Å². The van der Waals surface area contributed by atoms with Crippen LogP contribution in [0, 0.1) is 10.1 Å². The van der Waals surface area contributed by atoms with Gasteiger partial charge in [0.05, 0.1) is 16.2 Å². The zero-order chi connectivity index (χ0) is 20.8. The molecule has 1 amide bonds. The van der Waals surface area contributed by atoms with Crippen molar-refractivity contribution in [3.8, 4) is 17.1 Å². The molecule has 0 saturated carbocycles. The first-order valence-electron chi connectivity index (χ1n) is 8.17. The van der Waals surface area contributed by atoms with E-state index in [2.05, 4.69) is 10.5 Å². The Balaban J connectivity index is 1.56. The molecule has 0 fully saturated rings. The fourth-order valence-electron chi connectivity index (χ4n) is 2.33. The number of hydrogen-bond acceptors (Lipinski definition) is 6. The fraction of sp³-hybridized carbons (Fsp3) is 0.0526. The van der Waals surface area contributed by atoms with Gasteiger partial charge in [-0.15, -0.1) is 0 Å². The predicted molar refractivity (Wildman–Crippen MR) is 108 cm³/mol. The van der Waals surface area contributed by atoms with Crippen LogP contribution >= 0.6 is 23.2 Å². The predicted octanol–water partition coefficient (Wildman–Crippen LogP) is 4.69. The molecule has 0 saturated heterocycles. The molecule has 29 heavy (non-hydrogen) atoms. The molecule has 3 rings (SSSR count). The van der Waals surface area contributed by atoms with E-state index in [1.807, 2.05) is 18.2 Å². The van der Waals surface area contributed by atoms with Crippen molar-refractivity contribution < 1.29 is 18.9 Å². The van der Waals surface area contributed by atoms with Crippen LogP contribution in [0.1, 0.15) is 5.76 Å². The Morgan fingerprint density at radius 3 is 2.76 bits per heavy atom. The van der Waals surface area contributed by atoms with E-state index in [1.54, 1.807) is 18.2 Å². The Kier molecular flexibility index (Phi) is 6.48. The van der Waals surface area contributed by atoms with E-state index in [0.29, 0.717) is 16.5 Å². The molecule has 0 spiro atoms. The van der Waals surface area contributed by atoms with E-state index >= 15 is 0 Å². The largest absolute Gasteiger partial charge is 0.477 e. The number of ether oxygens (including phenoxy) is 1. The molecular formula is C19H13Cl2N3O5. The minimum absolute atomic E-state index is 0.0751. The Morgan fingerprint density at radius 2 is 2.00 bits per heavy atom. The second-order valence-corrected chi connectivity index (χ2v) is 6.48. The third kappa shape index (κ3) is 5.34. The van der Waals surface area contributed by atoms with Gasteiger partial charge in [-0.05, 0) is 36.4 Å². The molecule has 3 aromatic rings. The maximum Gasteiger partial charge on any atom is 0.312 e. The first-order valence-corrected chi connectivity index (χ1v) is 8.93. The topological polar surface area (TPSA) is 107 Å². The quantitative estimate of drug-likeness (QED) is 0.330. The highest BCUT2D eigenvalue weighted by molar-refractivity contribution is 6.33. The lowest BCUT2D eigenvalue weighted by Crippen LogP contribution is -2.24. The lowest BCUT2D eigenvalue weighted by Gasteiger charge is -2.05. The van der Waals surface area contributed by atoms with Gasteiger partial charge in [-0.1, -0.05) is 35.3 Å². The van der Waals surface area contributed by atoms with Gasteiger partial charge in [0.25, 0.3) is 5.91 Å².